The van der Waals surface area contributed by atoms with Crippen LogP contribution in [-0.2, 0) is 0 Å². The van der Waals surface area contributed by atoms with E-state index in [9.17, 15) is 5.11 Å². The van der Waals surface area contributed by atoms with Crippen molar-refractivity contribution in [3.05, 3.63) is 47.0 Å². The van der Waals surface area contributed by atoms with Crippen LogP contribution in [0, 0.1) is 0 Å². The zero-order valence-electron chi connectivity index (χ0n) is 8.12. The van der Waals surface area contributed by atoms with Crippen LogP contribution >= 0.6 is 15.9 Å². The Hall–Kier alpha value is -0.600. The second kappa shape index (κ2) is 5.99. The predicted octanol–water partition coefficient (Wildman–Crippen LogP) is 3.84. The molecule has 0 spiro atoms. The highest BCUT2D eigenvalue weighted by Gasteiger charge is 2.05. The number of aliphatic hydroxyl groups is 1. The standard InChI is InChI=1S/C12H15BrO/c1-2-3-4-5-12(14)10-6-8-11(13)9-7-10/h2,6-9,12,14H,1,3-5H2. The molecule has 76 valence electrons. The lowest BCUT2D eigenvalue weighted by Gasteiger charge is -2.09. The monoisotopic (exact) mass is 254 g/mol. The number of aliphatic hydroxyl groups excluding tert-OH is 1. The zero-order valence-corrected chi connectivity index (χ0v) is 9.70. The highest BCUT2D eigenvalue weighted by molar-refractivity contribution is 9.10. The number of rotatable bonds is 5. The normalized spacial score (nSPS) is 12.4. The molecule has 1 aromatic carbocycles. The molecule has 1 N–H and O–H groups in total. The van der Waals surface area contributed by atoms with Crippen LogP contribution in [0.15, 0.2) is 41.4 Å². The first-order chi connectivity index (χ1) is 6.74. The van der Waals surface area contributed by atoms with Gasteiger partial charge in [0, 0.05) is 4.47 Å². The molecule has 1 nitrogen and oxygen atoms in total. The molecule has 0 heterocycles. The van der Waals surface area contributed by atoms with Gasteiger partial charge in [0.25, 0.3) is 0 Å². The minimum absolute atomic E-state index is 0.344. The Balaban J connectivity index is 2.47. The first-order valence-corrected chi connectivity index (χ1v) is 5.57. The van der Waals surface area contributed by atoms with E-state index in [1.54, 1.807) is 0 Å². The largest absolute Gasteiger partial charge is 0.388 e. The lowest BCUT2D eigenvalue weighted by molar-refractivity contribution is 0.165. The maximum Gasteiger partial charge on any atom is 0.0790 e. The Morgan fingerprint density at radius 2 is 2.00 bits per heavy atom. The van der Waals surface area contributed by atoms with Crippen LogP contribution in [0.2, 0.25) is 0 Å². The van der Waals surface area contributed by atoms with Crippen molar-refractivity contribution in [2.24, 2.45) is 0 Å². The number of hydrogen-bond donors (Lipinski definition) is 1. The van der Waals surface area contributed by atoms with Gasteiger partial charge in [-0.1, -0.05) is 34.1 Å². The van der Waals surface area contributed by atoms with Crippen molar-refractivity contribution in [2.75, 3.05) is 0 Å². The van der Waals surface area contributed by atoms with E-state index in [2.05, 4.69) is 22.5 Å². The van der Waals surface area contributed by atoms with E-state index in [0.29, 0.717) is 0 Å². The van der Waals surface area contributed by atoms with E-state index in [1.807, 2.05) is 30.3 Å². The molecule has 0 amide bonds. The summed E-state index contributed by atoms with van der Waals surface area (Å²) in [6.45, 7) is 3.65. The molecule has 1 rings (SSSR count). The Labute approximate surface area is 93.6 Å². The molecule has 0 bridgehead atoms. The maximum atomic E-state index is 9.79. The first kappa shape index (κ1) is 11.5. The van der Waals surface area contributed by atoms with Gasteiger partial charge < -0.3 is 5.11 Å². The number of benzene rings is 1. The van der Waals surface area contributed by atoms with Crippen molar-refractivity contribution >= 4 is 15.9 Å². The van der Waals surface area contributed by atoms with Gasteiger partial charge in [-0.05, 0) is 37.0 Å². The van der Waals surface area contributed by atoms with Gasteiger partial charge in [0.15, 0.2) is 0 Å². The molecule has 0 fully saturated rings. The topological polar surface area (TPSA) is 20.2 Å². The number of allylic oxidation sites excluding steroid dienone is 1. The fraction of sp³-hybridized carbons (Fsp3) is 0.333. The third kappa shape index (κ3) is 3.64. The summed E-state index contributed by atoms with van der Waals surface area (Å²) in [5.74, 6) is 0. The van der Waals surface area contributed by atoms with Crippen molar-refractivity contribution in [3.63, 3.8) is 0 Å². The molecular formula is C12H15BrO. The lowest BCUT2D eigenvalue weighted by Crippen LogP contribution is -1.96. The van der Waals surface area contributed by atoms with E-state index < -0.39 is 0 Å². The molecule has 0 radical (unpaired) electrons. The van der Waals surface area contributed by atoms with E-state index in [4.69, 9.17) is 0 Å². The van der Waals surface area contributed by atoms with Crippen LogP contribution in [0.4, 0.5) is 0 Å². The summed E-state index contributed by atoms with van der Waals surface area (Å²) < 4.78 is 1.04. The van der Waals surface area contributed by atoms with Crippen LogP contribution in [0.25, 0.3) is 0 Å². The van der Waals surface area contributed by atoms with E-state index in [0.717, 1.165) is 29.3 Å². The third-order valence-corrected chi connectivity index (χ3v) is 2.67. The van der Waals surface area contributed by atoms with Crippen LogP contribution < -0.4 is 0 Å². The molecule has 0 saturated carbocycles. The highest BCUT2D eigenvalue weighted by atomic mass is 79.9. The van der Waals surface area contributed by atoms with Gasteiger partial charge >= 0.3 is 0 Å². The fourth-order valence-electron chi connectivity index (χ4n) is 1.31. The molecule has 1 unspecified atom stereocenters. The maximum absolute atomic E-state index is 9.79. The number of unbranched alkanes of at least 4 members (excludes halogenated alkanes) is 1. The molecule has 14 heavy (non-hydrogen) atoms. The zero-order chi connectivity index (χ0) is 10.4. The van der Waals surface area contributed by atoms with E-state index in [-0.39, 0.29) is 6.10 Å². The summed E-state index contributed by atoms with van der Waals surface area (Å²) in [6, 6.07) is 7.80. The van der Waals surface area contributed by atoms with Gasteiger partial charge in [-0.2, -0.15) is 0 Å². The lowest BCUT2D eigenvalue weighted by atomic mass is 10.0. The molecule has 0 aliphatic carbocycles. The van der Waals surface area contributed by atoms with Gasteiger partial charge in [-0.15, -0.1) is 6.58 Å². The fourth-order valence-corrected chi connectivity index (χ4v) is 1.57. The summed E-state index contributed by atoms with van der Waals surface area (Å²) in [4.78, 5) is 0. The van der Waals surface area contributed by atoms with Crippen LogP contribution in [0.3, 0.4) is 0 Å². The molecular weight excluding hydrogens is 240 g/mol. The minimum atomic E-state index is -0.344. The predicted molar refractivity (Wildman–Crippen MR) is 63.1 cm³/mol. The van der Waals surface area contributed by atoms with Gasteiger partial charge in [0.2, 0.25) is 0 Å². The quantitative estimate of drug-likeness (QED) is 0.626. The molecule has 1 atom stereocenters. The van der Waals surface area contributed by atoms with Gasteiger partial charge in [0.1, 0.15) is 0 Å². The van der Waals surface area contributed by atoms with Crippen molar-refractivity contribution in [3.8, 4) is 0 Å². The number of hydrogen-bond acceptors (Lipinski definition) is 1. The highest BCUT2D eigenvalue weighted by Crippen LogP contribution is 2.21. The summed E-state index contributed by atoms with van der Waals surface area (Å²) in [5.41, 5.74) is 0.984. The van der Waals surface area contributed by atoms with Gasteiger partial charge in [-0.3, -0.25) is 0 Å². The smallest absolute Gasteiger partial charge is 0.0790 e. The summed E-state index contributed by atoms with van der Waals surface area (Å²) in [6.07, 6.45) is 4.29. The van der Waals surface area contributed by atoms with E-state index >= 15 is 0 Å². The van der Waals surface area contributed by atoms with Gasteiger partial charge in [-0.25, -0.2) is 0 Å². The third-order valence-electron chi connectivity index (χ3n) is 2.14. The second-order valence-electron chi connectivity index (χ2n) is 3.29. The van der Waals surface area contributed by atoms with Gasteiger partial charge in [0.05, 0.1) is 6.10 Å². The SMILES string of the molecule is C=CCCCC(O)c1ccc(Br)cc1. The van der Waals surface area contributed by atoms with Crippen LogP contribution in [-0.4, -0.2) is 5.11 Å². The molecule has 0 aliphatic rings. The Morgan fingerprint density at radius 1 is 1.36 bits per heavy atom. The van der Waals surface area contributed by atoms with Crippen molar-refractivity contribution in [1.29, 1.82) is 0 Å². The molecule has 1 aromatic rings. The average molecular weight is 255 g/mol. The Morgan fingerprint density at radius 3 is 2.57 bits per heavy atom. The average Bonchev–Trinajstić information content (AvgIpc) is 2.19. The van der Waals surface area contributed by atoms with E-state index in [1.165, 1.54) is 0 Å². The van der Waals surface area contributed by atoms with Crippen LogP contribution in [0.1, 0.15) is 30.9 Å². The van der Waals surface area contributed by atoms with Crippen LogP contribution in [0.5, 0.6) is 0 Å². The molecule has 2 heteroatoms. The summed E-state index contributed by atoms with van der Waals surface area (Å²) in [7, 11) is 0. The van der Waals surface area contributed by atoms with Crippen molar-refractivity contribution < 1.29 is 5.11 Å². The summed E-state index contributed by atoms with van der Waals surface area (Å²) >= 11 is 3.36. The van der Waals surface area contributed by atoms with Crippen molar-refractivity contribution in [1.82, 2.24) is 0 Å². The molecule has 0 aromatic heterocycles. The Kier molecular flexibility index (Phi) is 4.91. The first-order valence-electron chi connectivity index (χ1n) is 4.78. The minimum Gasteiger partial charge on any atom is -0.388 e. The molecule has 0 saturated heterocycles. The second-order valence-corrected chi connectivity index (χ2v) is 4.20. The summed E-state index contributed by atoms with van der Waals surface area (Å²) in [5, 5.41) is 9.79. The Bertz CT molecular complexity index is 279. The molecule has 0 aliphatic heterocycles. The number of halogens is 1. The van der Waals surface area contributed by atoms with Crippen molar-refractivity contribution in [2.45, 2.75) is 25.4 Å².